The van der Waals surface area contributed by atoms with Crippen LogP contribution < -0.4 is 4.74 Å². The number of carbonyl (C=O) groups excluding carboxylic acids is 1. The molecule has 1 aromatic heterocycles. The Hall–Kier alpha value is -3.61. The first kappa shape index (κ1) is 27.0. The average molecular weight is 576 g/mol. The number of aromatic nitrogens is 1. The number of hydrogen-bond acceptors (Lipinski definition) is 8. The summed E-state index contributed by atoms with van der Waals surface area (Å²) in [6, 6.07) is 10.4. The summed E-state index contributed by atoms with van der Waals surface area (Å²) in [6.45, 7) is 0. The molecule has 2 heterocycles. The van der Waals surface area contributed by atoms with Crippen LogP contribution in [0.5, 0.6) is 5.75 Å². The highest BCUT2D eigenvalue weighted by atomic mass is 35.5. The largest absolute Gasteiger partial charge is 0.514 e. The number of nitro benzene ring substituents is 1. The molecule has 204 valence electrons. The van der Waals surface area contributed by atoms with Gasteiger partial charge in [-0.25, -0.2) is 17.6 Å². The fraction of sp³-hybridized carbons (Fsp3) is 0.308. The summed E-state index contributed by atoms with van der Waals surface area (Å²) in [7, 11) is -4.16. The molecule has 2 fully saturated rings. The molecule has 1 saturated heterocycles. The van der Waals surface area contributed by atoms with Gasteiger partial charge in [-0.1, -0.05) is 11.6 Å². The summed E-state index contributed by atoms with van der Waals surface area (Å²) < 4.78 is 54.5. The van der Waals surface area contributed by atoms with Crippen LogP contribution >= 0.6 is 11.6 Å². The second-order valence-electron chi connectivity index (χ2n) is 9.46. The lowest BCUT2D eigenvalue weighted by atomic mass is 9.90. The smallest absolute Gasteiger partial charge is 0.426 e. The average Bonchev–Trinajstić information content (AvgIpc) is 3.69. The molecule has 0 N–H and O–H groups in total. The first-order valence-corrected chi connectivity index (χ1v) is 14.0. The molecule has 1 saturated carbocycles. The Morgan fingerprint density at radius 1 is 1.10 bits per heavy atom. The van der Waals surface area contributed by atoms with E-state index in [9.17, 15) is 27.7 Å². The van der Waals surface area contributed by atoms with Crippen molar-refractivity contribution < 1.29 is 32.0 Å². The molecule has 2 aliphatic rings. The Kier molecular flexibility index (Phi) is 7.27. The molecule has 39 heavy (non-hydrogen) atoms. The first-order valence-electron chi connectivity index (χ1n) is 12.1. The van der Waals surface area contributed by atoms with Gasteiger partial charge in [0.1, 0.15) is 17.2 Å². The third-order valence-electron chi connectivity index (χ3n) is 6.95. The van der Waals surface area contributed by atoms with Gasteiger partial charge >= 0.3 is 6.16 Å². The number of ether oxygens (including phenoxy) is 2. The molecule has 3 aromatic rings. The fourth-order valence-corrected chi connectivity index (χ4v) is 7.05. The topological polar surface area (TPSA) is 129 Å². The van der Waals surface area contributed by atoms with Crippen molar-refractivity contribution in [1.82, 2.24) is 9.29 Å². The van der Waals surface area contributed by atoms with Crippen molar-refractivity contribution in [3.63, 3.8) is 0 Å². The maximum absolute atomic E-state index is 14.1. The summed E-state index contributed by atoms with van der Waals surface area (Å²) in [5.74, 6) is -0.554. The zero-order chi connectivity index (χ0) is 27.8. The van der Waals surface area contributed by atoms with Crippen molar-refractivity contribution >= 4 is 33.5 Å². The molecule has 5 rings (SSSR count). The Balaban J connectivity index is 1.46. The zero-order valence-electron chi connectivity index (χ0n) is 20.4. The molecule has 2 atom stereocenters. The lowest BCUT2D eigenvalue weighted by Gasteiger charge is -2.44. The second kappa shape index (κ2) is 10.5. The molecule has 0 amide bonds. The molecule has 0 spiro atoms. The fourth-order valence-electron chi connectivity index (χ4n) is 5.00. The molecule has 0 radical (unpaired) electrons. The predicted octanol–water partition coefficient (Wildman–Crippen LogP) is 5.82. The van der Waals surface area contributed by atoms with Crippen LogP contribution in [0.25, 0.3) is 0 Å². The van der Waals surface area contributed by atoms with E-state index in [1.807, 2.05) is 0 Å². The zero-order valence-corrected chi connectivity index (χ0v) is 22.0. The van der Waals surface area contributed by atoms with Gasteiger partial charge < -0.3 is 9.47 Å². The number of carbonyl (C=O) groups is 1. The van der Waals surface area contributed by atoms with Crippen molar-refractivity contribution in [2.45, 2.75) is 54.7 Å². The number of non-ortho nitro benzene ring substituents is 1. The van der Waals surface area contributed by atoms with E-state index in [1.165, 1.54) is 65.1 Å². The Labute approximate surface area is 228 Å². The van der Waals surface area contributed by atoms with E-state index in [-0.39, 0.29) is 16.3 Å². The van der Waals surface area contributed by atoms with Crippen LogP contribution in [0.3, 0.4) is 0 Å². The van der Waals surface area contributed by atoms with Crippen LogP contribution in [-0.4, -0.2) is 40.4 Å². The summed E-state index contributed by atoms with van der Waals surface area (Å²) in [6.07, 6.45) is 3.63. The van der Waals surface area contributed by atoms with Gasteiger partial charge in [0.2, 0.25) is 10.0 Å². The number of rotatable bonds is 7. The minimum atomic E-state index is -4.16. The molecule has 10 nitrogen and oxygen atoms in total. The molecule has 1 aliphatic carbocycles. The van der Waals surface area contributed by atoms with Gasteiger partial charge in [0.05, 0.1) is 28.1 Å². The van der Waals surface area contributed by atoms with Crippen molar-refractivity contribution in [3.8, 4) is 5.75 Å². The number of nitrogens with zero attached hydrogens (tertiary/aromatic N) is 3. The predicted molar refractivity (Wildman–Crippen MR) is 137 cm³/mol. The molecule has 1 aliphatic heterocycles. The number of hydrogen-bond donors (Lipinski definition) is 0. The van der Waals surface area contributed by atoms with Crippen molar-refractivity contribution in [3.05, 3.63) is 93.5 Å². The van der Waals surface area contributed by atoms with Gasteiger partial charge in [-0.15, -0.1) is 0 Å². The number of sulfonamides is 1. The van der Waals surface area contributed by atoms with E-state index in [0.29, 0.717) is 42.7 Å². The lowest BCUT2D eigenvalue weighted by molar-refractivity contribution is -0.384. The molecular formula is C26H23ClFN3O7S. The van der Waals surface area contributed by atoms with Crippen LogP contribution in [0.4, 0.5) is 14.9 Å². The summed E-state index contributed by atoms with van der Waals surface area (Å²) in [5, 5.41) is 11.2. The first-order chi connectivity index (χ1) is 18.6. The number of piperidine rings is 1. The second-order valence-corrected chi connectivity index (χ2v) is 11.7. The normalized spacial score (nSPS) is 20.7. The summed E-state index contributed by atoms with van der Waals surface area (Å²) >= 11 is 5.99. The highest BCUT2D eigenvalue weighted by Gasteiger charge is 2.60. The number of halogens is 2. The van der Waals surface area contributed by atoms with E-state index in [1.54, 1.807) is 0 Å². The van der Waals surface area contributed by atoms with Gasteiger partial charge in [0.25, 0.3) is 5.69 Å². The molecule has 2 unspecified atom stereocenters. The van der Waals surface area contributed by atoms with Gasteiger partial charge in [-0.3, -0.25) is 15.1 Å². The van der Waals surface area contributed by atoms with E-state index >= 15 is 0 Å². The van der Waals surface area contributed by atoms with Gasteiger partial charge in [-0.05, 0) is 80.1 Å². The van der Waals surface area contributed by atoms with Crippen LogP contribution in [0.1, 0.15) is 43.7 Å². The lowest BCUT2D eigenvalue weighted by Crippen LogP contribution is -2.53. The van der Waals surface area contributed by atoms with Crippen LogP contribution in [0, 0.1) is 15.9 Å². The highest BCUT2D eigenvalue weighted by molar-refractivity contribution is 7.89. The molecule has 13 heteroatoms. The highest BCUT2D eigenvalue weighted by Crippen LogP contribution is 2.52. The quantitative estimate of drug-likeness (QED) is 0.149. The van der Waals surface area contributed by atoms with E-state index < -0.39 is 44.6 Å². The number of nitro groups is 1. The number of benzene rings is 2. The van der Waals surface area contributed by atoms with Crippen molar-refractivity contribution in [1.29, 1.82) is 0 Å². The van der Waals surface area contributed by atoms with Crippen molar-refractivity contribution in [2.75, 3.05) is 0 Å². The van der Waals surface area contributed by atoms with Gasteiger partial charge in [0.15, 0.2) is 0 Å². The minimum absolute atomic E-state index is 0.00239. The Morgan fingerprint density at radius 2 is 1.79 bits per heavy atom. The molecular weight excluding hydrogens is 553 g/mol. The van der Waals surface area contributed by atoms with Crippen LogP contribution in [0.15, 0.2) is 71.9 Å². The minimum Gasteiger partial charge on any atom is -0.426 e. The number of pyridine rings is 1. The van der Waals surface area contributed by atoms with Crippen molar-refractivity contribution in [2.24, 2.45) is 0 Å². The van der Waals surface area contributed by atoms with E-state index in [2.05, 4.69) is 4.98 Å². The molecule has 2 aromatic carbocycles. The summed E-state index contributed by atoms with van der Waals surface area (Å²) in [5.41, 5.74) is -0.935. The van der Waals surface area contributed by atoms with Crippen LogP contribution in [0.2, 0.25) is 5.02 Å². The SMILES string of the molecule is O=C(Oc1ccc([N+](=O)[O-])cc1)OC1(C2CCCC(c3cncc(F)c3)N2S(=O)(=O)c2ccc(Cl)cc2)CC1. The van der Waals surface area contributed by atoms with Gasteiger partial charge in [0, 0.05) is 23.4 Å². The summed E-state index contributed by atoms with van der Waals surface area (Å²) in [4.78, 5) is 27.0. The third kappa shape index (κ3) is 5.58. The van der Waals surface area contributed by atoms with E-state index in [0.717, 1.165) is 6.20 Å². The monoisotopic (exact) mass is 575 g/mol. The maximum Gasteiger partial charge on any atom is 0.514 e. The maximum atomic E-state index is 14.1. The van der Waals surface area contributed by atoms with Gasteiger partial charge in [-0.2, -0.15) is 4.31 Å². The van der Waals surface area contributed by atoms with E-state index in [4.69, 9.17) is 21.1 Å². The standard InChI is InChI=1S/C26H23ClFN3O7S/c27-18-4-10-22(11-5-18)39(35,36)30-23(17-14-19(28)16-29-15-17)2-1-3-24(30)26(12-13-26)38-25(32)37-21-8-6-20(7-9-21)31(33)34/h4-11,14-16,23-24H,1-3,12-13H2. The Morgan fingerprint density at radius 3 is 2.41 bits per heavy atom. The molecule has 0 bridgehead atoms. The van der Waals surface area contributed by atoms with Crippen LogP contribution in [-0.2, 0) is 14.8 Å². The third-order valence-corrected chi connectivity index (χ3v) is 9.14. The Bertz CT molecular complexity index is 1500.